The molecule has 6 heteroatoms. The van der Waals surface area contributed by atoms with Gasteiger partial charge in [0.15, 0.2) is 0 Å². The van der Waals surface area contributed by atoms with Crippen LogP contribution in [0.25, 0.3) is 11.5 Å². The summed E-state index contributed by atoms with van der Waals surface area (Å²) in [6.45, 7) is 1.65. The van der Waals surface area contributed by atoms with E-state index in [1.165, 1.54) is 0 Å². The Morgan fingerprint density at radius 3 is 2.94 bits per heavy atom. The monoisotopic (exact) mass is 220 g/mol. The van der Waals surface area contributed by atoms with Gasteiger partial charge in [0, 0.05) is 5.69 Å². The SMILES string of the molecule is Cc1cccc(-c2noc(C(N)CO)n2)n1. The minimum atomic E-state index is -0.647. The van der Waals surface area contributed by atoms with Crippen molar-refractivity contribution < 1.29 is 9.63 Å². The van der Waals surface area contributed by atoms with Gasteiger partial charge in [-0.05, 0) is 19.1 Å². The summed E-state index contributed by atoms with van der Waals surface area (Å²) in [6.07, 6.45) is 0. The van der Waals surface area contributed by atoms with E-state index < -0.39 is 6.04 Å². The third-order valence-corrected chi connectivity index (χ3v) is 2.07. The summed E-state index contributed by atoms with van der Waals surface area (Å²) in [6, 6.07) is 4.88. The van der Waals surface area contributed by atoms with Crippen molar-refractivity contribution in [3.63, 3.8) is 0 Å². The number of hydrogen-bond donors (Lipinski definition) is 2. The van der Waals surface area contributed by atoms with Crippen molar-refractivity contribution in [1.82, 2.24) is 15.1 Å². The number of aryl methyl sites for hydroxylation is 1. The van der Waals surface area contributed by atoms with Crippen LogP contribution in [0.15, 0.2) is 22.7 Å². The van der Waals surface area contributed by atoms with Crippen molar-refractivity contribution >= 4 is 0 Å². The maximum atomic E-state index is 8.84. The minimum absolute atomic E-state index is 0.209. The zero-order valence-corrected chi connectivity index (χ0v) is 8.79. The first-order chi connectivity index (χ1) is 7.70. The average Bonchev–Trinajstić information content (AvgIpc) is 2.77. The molecule has 0 saturated carbocycles. The topological polar surface area (TPSA) is 98.1 Å². The van der Waals surface area contributed by atoms with Crippen LogP contribution >= 0.6 is 0 Å². The molecule has 2 aromatic heterocycles. The Hall–Kier alpha value is -1.79. The molecular formula is C10H12N4O2. The van der Waals surface area contributed by atoms with E-state index in [4.69, 9.17) is 15.4 Å². The summed E-state index contributed by atoms with van der Waals surface area (Å²) >= 11 is 0. The standard InChI is InChI=1S/C10H12N4O2/c1-6-3-2-4-8(12-6)9-13-10(16-14-9)7(11)5-15/h2-4,7,15H,5,11H2,1H3. The van der Waals surface area contributed by atoms with E-state index >= 15 is 0 Å². The van der Waals surface area contributed by atoms with Crippen molar-refractivity contribution in [3.8, 4) is 11.5 Å². The molecule has 3 N–H and O–H groups in total. The molecule has 0 aliphatic heterocycles. The van der Waals surface area contributed by atoms with Crippen molar-refractivity contribution in [2.75, 3.05) is 6.61 Å². The Morgan fingerprint density at radius 2 is 2.25 bits per heavy atom. The maximum absolute atomic E-state index is 8.84. The predicted molar refractivity (Wildman–Crippen MR) is 56.3 cm³/mol. The molecule has 0 radical (unpaired) electrons. The Morgan fingerprint density at radius 1 is 1.44 bits per heavy atom. The van der Waals surface area contributed by atoms with E-state index in [9.17, 15) is 0 Å². The van der Waals surface area contributed by atoms with Crippen LogP contribution < -0.4 is 5.73 Å². The Balaban J connectivity index is 2.31. The summed E-state index contributed by atoms with van der Waals surface area (Å²) in [5, 5.41) is 12.6. The molecule has 1 unspecified atom stereocenters. The molecule has 2 aromatic rings. The second-order valence-electron chi connectivity index (χ2n) is 3.41. The molecule has 0 saturated heterocycles. The zero-order valence-electron chi connectivity index (χ0n) is 8.79. The number of nitrogens with zero attached hydrogens (tertiary/aromatic N) is 3. The van der Waals surface area contributed by atoms with E-state index in [2.05, 4.69) is 15.1 Å². The summed E-state index contributed by atoms with van der Waals surface area (Å²) in [4.78, 5) is 8.32. The van der Waals surface area contributed by atoms with Crippen molar-refractivity contribution in [2.24, 2.45) is 5.73 Å². The van der Waals surface area contributed by atoms with Crippen LogP contribution in [0.2, 0.25) is 0 Å². The van der Waals surface area contributed by atoms with Crippen LogP contribution in [0.4, 0.5) is 0 Å². The zero-order chi connectivity index (χ0) is 11.5. The molecule has 0 aliphatic carbocycles. The fourth-order valence-electron chi connectivity index (χ4n) is 1.24. The first-order valence-corrected chi connectivity index (χ1v) is 4.85. The van der Waals surface area contributed by atoms with Gasteiger partial charge in [-0.2, -0.15) is 4.98 Å². The Labute approximate surface area is 92.1 Å². The van der Waals surface area contributed by atoms with Gasteiger partial charge in [0.05, 0.1) is 6.61 Å². The van der Waals surface area contributed by atoms with E-state index in [1.807, 2.05) is 19.1 Å². The fraction of sp³-hybridized carbons (Fsp3) is 0.300. The molecule has 16 heavy (non-hydrogen) atoms. The van der Waals surface area contributed by atoms with Crippen LogP contribution in [0, 0.1) is 6.92 Å². The van der Waals surface area contributed by atoms with Crippen LogP contribution in [-0.2, 0) is 0 Å². The van der Waals surface area contributed by atoms with E-state index in [-0.39, 0.29) is 12.5 Å². The first-order valence-electron chi connectivity index (χ1n) is 4.85. The van der Waals surface area contributed by atoms with Gasteiger partial charge in [-0.1, -0.05) is 11.2 Å². The van der Waals surface area contributed by atoms with Gasteiger partial charge >= 0.3 is 0 Å². The quantitative estimate of drug-likeness (QED) is 0.778. The number of pyridine rings is 1. The normalized spacial score (nSPS) is 12.7. The maximum Gasteiger partial charge on any atom is 0.246 e. The van der Waals surface area contributed by atoms with Crippen molar-refractivity contribution in [3.05, 3.63) is 29.8 Å². The highest BCUT2D eigenvalue weighted by molar-refractivity contribution is 5.48. The van der Waals surface area contributed by atoms with Gasteiger partial charge in [-0.25, -0.2) is 4.98 Å². The van der Waals surface area contributed by atoms with E-state index in [1.54, 1.807) is 6.07 Å². The minimum Gasteiger partial charge on any atom is -0.394 e. The lowest BCUT2D eigenvalue weighted by molar-refractivity contribution is 0.237. The number of nitrogens with two attached hydrogens (primary N) is 1. The largest absolute Gasteiger partial charge is 0.394 e. The van der Waals surface area contributed by atoms with Crippen molar-refractivity contribution in [2.45, 2.75) is 13.0 Å². The summed E-state index contributed by atoms with van der Waals surface area (Å²) in [5.74, 6) is 0.586. The first kappa shape index (κ1) is 10.7. The lowest BCUT2D eigenvalue weighted by Crippen LogP contribution is -2.14. The van der Waals surface area contributed by atoms with Crippen LogP contribution in [0.5, 0.6) is 0 Å². The molecule has 2 rings (SSSR count). The van der Waals surface area contributed by atoms with E-state index in [0.717, 1.165) is 5.69 Å². The summed E-state index contributed by atoms with van der Waals surface area (Å²) < 4.78 is 4.93. The van der Waals surface area contributed by atoms with Crippen LogP contribution in [-0.4, -0.2) is 26.8 Å². The fourth-order valence-corrected chi connectivity index (χ4v) is 1.24. The highest BCUT2D eigenvalue weighted by Gasteiger charge is 2.15. The van der Waals surface area contributed by atoms with Gasteiger partial charge in [-0.15, -0.1) is 0 Å². The molecule has 0 spiro atoms. The number of aromatic nitrogens is 3. The Bertz CT molecular complexity index is 483. The third kappa shape index (κ3) is 2.07. The van der Waals surface area contributed by atoms with Crippen LogP contribution in [0.3, 0.4) is 0 Å². The Kier molecular flexibility index (Phi) is 2.93. The second kappa shape index (κ2) is 4.38. The van der Waals surface area contributed by atoms with Gasteiger partial charge < -0.3 is 15.4 Å². The third-order valence-electron chi connectivity index (χ3n) is 2.07. The molecule has 2 heterocycles. The smallest absolute Gasteiger partial charge is 0.246 e. The number of hydrogen-bond acceptors (Lipinski definition) is 6. The average molecular weight is 220 g/mol. The molecule has 0 fully saturated rings. The van der Waals surface area contributed by atoms with Crippen molar-refractivity contribution in [1.29, 1.82) is 0 Å². The van der Waals surface area contributed by atoms with E-state index in [0.29, 0.717) is 11.5 Å². The molecule has 0 aliphatic rings. The summed E-state index contributed by atoms with van der Waals surface area (Å²) in [5.41, 5.74) is 7.04. The van der Waals surface area contributed by atoms with Crippen LogP contribution in [0.1, 0.15) is 17.6 Å². The lowest BCUT2D eigenvalue weighted by Gasteiger charge is -1.98. The van der Waals surface area contributed by atoms with Gasteiger partial charge in [0.1, 0.15) is 11.7 Å². The number of aliphatic hydroxyl groups is 1. The molecule has 0 amide bonds. The number of aliphatic hydroxyl groups excluding tert-OH is 1. The highest BCUT2D eigenvalue weighted by atomic mass is 16.5. The molecule has 1 atom stereocenters. The molecular weight excluding hydrogens is 208 g/mol. The van der Waals surface area contributed by atoms with Gasteiger partial charge in [-0.3, -0.25) is 0 Å². The number of rotatable bonds is 3. The molecule has 0 aromatic carbocycles. The highest BCUT2D eigenvalue weighted by Crippen LogP contribution is 2.15. The van der Waals surface area contributed by atoms with Gasteiger partial charge in [0.25, 0.3) is 0 Å². The molecule has 6 nitrogen and oxygen atoms in total. The predicted octanol–water partition coefficient (Wildman–Crippen LogP) is 0.432. The molecule has 0 bridgehead atoms. The molecule has 84 valence electrons. The lowest BCUT2D eigenvalue weighted by atomic mass is 10.3. The second-order valence-corrected chi connectivity index (χ2v) is 3.41. The summed E-state index contributed by atoms with van der Waals surface area (Å²) in [7, 11) is 0. The van der Waals surface area contributed by atoms with Gasteiger partial charge in [0.2, 0.25) is 11.7 Å².